The summed E-state index contributed by atoms with van der Waals surface area (Å²) in [5.74, 6) is 1.59. The first-order valence-corrected chi connectivity index (χ1v) is 6.58. The Labute approximate surface area is 114 Å². The van der Waals surface area contributed by atoms with Crippen LogP contribution in [0.3, 0.4) is 0 Å². The van der Waals surface area contributed by atoms with Crippen LogP contribution in [-0.4, -0.2) is 41.6 Å². The molecule has 0 amide bonds. The first kappa shape index (κ1) is 13.6. The van der Waals surface area contributed by atoms with Crippen LogP contribution < -0.4 is 10.1 Å². The maximum atomic E-state index is 5.76. The second-order valence-electron chi connectivity index (χ2n) is 5.66. The molecule has 0 fully saturated rings. The predicted molar refractivity (Wildman–Crippen MR) is 76.4 cm³/mol. The molecule has 1 N–H and O–H groups in total. The molecule has 0 spiro atoms. The van der Waals surface area contributed by atoms with Gasteiger partial charge in [-0.25, -0.2) is 4.98 Å². The van der Waals surface area contributed by atoms with E-state index in [-0.39, 0.29) is 5.60 Å². The summed E-state index contributed by atoms with van der Waals surface area (Å²) in [4.78, 5) is 11.0. The van der Waals surface area contributed by atoms with Crippen LogP contribution >= 0.6 is 0 Å². The lowest BCUT2D eigenvalue weighted by molar-refractivity contribution is 0.124. The minimum absolute atomic E-state index is 0.227. The molecule has 5 nitrogen and oxygen atoms in total. The van der Waals surface area contributed by atoms with Gasteiger partial charge in [-0.2, -0.15) is 0 Å². The van der Waals surface area contributed by atoms with E-state index in [1.165, 1.54) is 0 Å². The third-order valence-electron chi connectivity index (χ3n) is 2.68. The molecule has 0 radical (unpaired) electrons. The maximum absolute atomic E-state index is 5.76. The third-order valence-corrected chi connectivity index (χ3v) is 2.68. The van der Waals surface area contributed by atoms with Gasteiger partial charge in [-0.15, -0.1) is 0 Å². The molecule has 1 aliphatic heterocycles. The molecule has 104 valence electrons. The standard InChI is InChI=1S/C14H22N4O/c1-14(2,3)19-12-7-5-6-11(17-12)10-16-13-15-8-9-18(13)4/h5-7H,8-10H2,1-4H3,(H,15,16). The third kappa shape index (κ3) is 4.12. The second kappa shape index (κ2) is 5.47. The number of aliphatic imine (C=N–C) groups is 1. The predicted octanol–water partition coefficient (Wildman–Crippen LogP) is 1.65. The largest absolute Gasteiger partial charge is 0.472 e. The fraction of sp³-hybridized carbons (Fsp3) is 0.571. The molecule has 0 saturated carbocycles. The number of nitrogens with zero attached hydrogens (tertiary/aromatic N) is 3. The number of aromatic nitrogens is 1. The van der Waals surface area contributed by atoms with Crippen molar-refractivity contribution in [2.24, 2.45) is 4.99 Å². The second-order valence-corrected chi connectivity index (χ2v) is 5.66. The minimum atomic E-state index is -0.227. The Morgan fingerprint density at radius 1 is 1.37 bits per heavy atom. The summed E-state index contributed by atoms with van der Waals surface area (Å²) in [6.07, 6.45) is 0. The zero-order valence-electron chi connectivity index (χ0n) is 12.1. The van der Waals surface area contributed by atoms with Gasteiger partial charge < -0.3 is 15.0 Å². The minimum Gasteiger partial charge on any atom is -0.472 e. The molecule has 0 saturated heterocycles. The molecule has 0 unspecified atom stereocenters. The Morgan fingerprint density at radius 2 is 2.16 bits per heavy atom. The molecular weight excluding hydrogens is 240 g/mol. The van der Waals surface area contributed by atoms with E-state index in [0.29, 0.717) is 12.4 Å². The summed E-state index contributed by atoms with van der Waals surface area (Å²) in [5, 5.41) is 3.30. The summed E-state index contributed by atoms with van der Waals surface area (Å²) >= 11 is 0. The molecule has 0 atom stereocenters. The van der Waals surface area contributed by atoms with Crippen LogP contribution in [-0.2, 0) is 6.54 Å². The Morgan fingerprint density at radius 3 is 2.79 bits per heavy atom. The fourth-order valence-corrected chi connectivity index (χ4v) is 1.82. The monoisotopic (exact) mass is 262 g/mol. The topological polar surface area (TPSA) is 49.8 Å². The van der Waals surface area contributed by atoms with Crippen molar-refractivity contribution in [1.29, 1.82) is 0 Å². The number of pyridine rings is 1. The summed E-state index contributed by atoms with van der Waals surface area (Å²) < 4.78 is 5.76. The number of hydrogen-bond acceptors (Lipinski definition) is 5. The molecule has 0 aromatic carbocycles. The van der Waals surface area contributed by atoms with Gasteiger partial charge in [-0.05, 0) is 26.8 Å². The Bertz CT molecular complexity index is 465. The highest BCUT2D eigenvalue weighted by Crippen LogP contribution is 2.15. The first-order valence-electron chi connectivity index (χ1n) is 6.58. The van der Waals surface area contributed by atoms with E-state index in [0.717, 1.165) is 24.7 Å². The molecule has 1 aliphatic rings. The van der Waals surface area contributed by atoms with Gasteiger partial charge in [0.25, 0.3) is 0 Å². The summed E-state index contributed by atoms with van der Waals surface area (Å²) in [6, 6.07) is 5.83. The van der Waals surface area contributed by atoms with Crippen LogP contribution in [0.5, 0.6) is 5.88 Å². The van der Waals surface area contributed by atoms with Gasteiger partial charge in [-0.3, -0.25) is 4.99 Å². The number of nitrogens with one attached hydrogen (secondary N) is 1. The van der Waals surface area contributed by atoms with E-state index in [1.54, 1.807) is 0 Å². The van der Waals surface area contributed by atoms with E-state index in [9.17, 15) is 0 Å². The molecular formula is C14H22N4O. The van der Waals surface area contributed by atoms with Crippen molar-refractivity contribution < 1.29 is 4.74 Å². The van der Waals surface area contributed by atoms with Gasteiger partial charge in [0.2, 0.25) is 5.88 Å². The quantitative estimate of drug-likeness (QED) is 0.900. The Kier molecular flexibility index (Phi) is 3.93. The van der Waals surface area contributed by atoms with E-state index in [1.807, 2.05) is 46.0 Å². The lowest BCUT2D eigenvalue weighted by Crippen LogP contribution is -2.35. The highest BCUT2D eigenvalue weighted by atomic mass is 16.5. The molecule has 0 aliphatic carbocycles. The molecule has 1 aromatic rings. The Balaban J connectivity index is 1.95. The van der Waals surface area contributed by atoms with Gasteiger partial charge in [0.05, 0.1) is 18.8 Å². The van der Waals surface area contributed by atoms with Gasteiger partial charge in [0.15, 0.2) is 5.96 Å². The summed E-state index contributed by atoms with van der Waals surface area (Å²) in [5.41, 5.74) is 0.721. The summed E-state index contributed by atoms with van der Waals surface area (Å²) in [6.45, 7) is 8.54. The van der Waals surface area contributed by atoms with Crippen LogP contribution in [0.1, 0.15) is 26.5 Å². The maximum Gasteiger partial charge on any atom is 0.214 e. The lowest BCUT2D eigenvalue weighted by Gasteiger charge is -2.20. The van der Waals surface area contributed by atoms with E-state index in [4.69, 9.17) is 4.74 Å². The van der Waals surface area contributed by atoms with Crippen LogP contribution in [0.15, 0.2) is 23.2 Å². The van der Waals surface area contributed by atoms with Gasteiger partial charge in [0, 0.05) is 19.7 Å². The first-order chi connectivity index (χ1) is 8.94. The normalized spacial score (nSPS) is 15.4. The number of ether oxygens (including phenoxy) is 1. The van der Waals surface area contributed by atoms with Crippen LogP contribution in [0, 0.1) is 0 Å². The van der Waals surface area contributed by atoms with Crippen molar-refractivity contribution in [1.82, 2.24) is 15.2 Å². The molecule has 2 heterocycles. The van der Waals surface area contributed by atoms with Crippen molar-refractivity contribution in [2.45, 2.75) is 32.9 Å². The number of likely N-dealkylation sites (N-methyl/N-ethyl adjacent to an activating group) is 1. The van der Waals surface area contributed by atoms with Crippen molar-refractivity contribution in [3.8, 4) is 5.88 Å². The molecule has 19 heavy (non-hydrogen) atoms. The molecule has 5 heteroatoms. The van der Waals surface area contributed by atoms with Gasteiger partial charge in [0.1, 0.15) is 5.60 Å². The highest BCUT2D eigenvalue weighted by molar-refractivity contribution is 5.81. The van der Waals surface area contributed by atoms with Gasteiger partial charge in [-0.1, -0.05) is 6.07 Å². The summed E-state index contributed by atoms with van der Waals surface area (Å²) in [7, 11) is 2.03. The van der Waals surface area contributed by atoms with Crippen molar-refractivity contribution in [3.05, 3.63) is 23.9 Å². The lowest BCUT2D eigenvalue weighted by atomic mass is 10.2. The average Bonchev–Trinajstić information content (AvgIpc) is 2.70. The Hall–Kier alpha value is -1.78. The highest BCUT2D eigenvalue weighted by Gasteiger charge is 2.14. The molecule has 2 rings (SSSR count). The fourth-order valence-electron chi connectivity index (χ4n) is 1.82. The number of rotatable bonds is 3. The van der Waals surface area contributed by atoms with E-state index in [2.05, 4.69) is 20.2 Å². The molecule has 1 aromatic heterocycles. The van der Waals surface area contributed by atoms with E-state index >= 15 is 0 Å². The average molecular weight is 262 g/mol. The molecule has 0 bridgehead atoms. The number of guanidine groups is 1. The van der Waals surface area contributed by atoms with Crippen LogP contribution in [0.25, 0.3) is 0 Å². The SMILES string of the molecule is CN1CCN=C1NCc1cccc(OC(C)(C)C)n1. The van der Waals surface area contributed by atoms with Crippen molar-refractivity contribution in [2.75, 3.05) is 20.1 Å². The zero-order chi connectivity index (χ0) is 13.9. The smallest absolute Gasteiger partial charge is 0.214 e. The zero-order valence-corrected chi connectivity index (χ0v) is 12.1. The van der Waals surface area contributed by atoms with Gasteiger partial charge >= 0.3 is 0 Å². The van der Waals surface area contributed by atoms with Crippen LogP contribution in [0.2, 0.25) is 0 Å². The van der Waals surface area contributed by atoms with Crippen LogP contribution in [0.4, 0.5) is 0 Å². The number of hydrogen-bond donors (Lipinski definition) is 1. The van der Waals surface area contributed by atoms with E-state index < -0.39 is 0 Å². The van der Waals surface area contributed by atoms with Crippen molar-refractivity contribution in [3.63, 3.8) is 0 Å². The van der Waals surface area contributed by atoms with Crippen molar-refractivity contribution >= 4 is 5.96 Å².